The highest BCUT2D eigenvalue weighted by Gasteiger charge is 2.60. The molecule has 3 atom stereocenters. The molecule has 0 radical (unpaired) electrons. The number of hydrogen-bond acceptors (Lipinski definition) is 6. The summed E-state index contributed by atoms with van der Waals surface area (Å²) in [5, 5.41) is 4.17. The second-order valence-corrected chi connectivity index (χ2v) is 6.95. The van der Waals surface area contributed by atoms with Crippen LogP contribution in [0.4, 0.5) is 0 Å². The van der Waals surface area contributed by atoms with Gasteiger partial charge in [-0.2, -0.15) is 0 Å². The maximum Gasteiger partial charge on any atom is 0.354 e. The second kappa shape index (κ2) is 5.89. The highest BCUT2D eigenvalue weighted by Crippen LogP contribution is 2.48. The molecule has 22 heavy (non-hydrogen) atoms. The van der Waals surface area contributed by atoms with Crippen molar-refractivity contribution in [1.29, 1.82) is 0 Å². The van der Waals surface area contributed by atoms with Crippen molar-refractivity contribution < 1.29 is 23.9 Å². The molecule has 3 unspecified atom stereocenters. The van der Waals surface area contributed by atoms with Crippen molar-refractivity contribution in [3.05, 3.63) is 0 Å². The largest absolute Gasteiger partial charge is 0.463 e. The number of oxime groups is 1. The summed E-state index contributed by atoms with van der Waals surface area (Å²) < 4.78 is 10.2. The third kappa shape index (κ3) is 2.83. The van der Waals surface area contributed by atoms with Crippen molar-refractivity contribution >= 4 is 17.7 Å². The second-order valence-electron chi connectivity index (χ2n) is 6.95. The summed E-state index contributed by atoms with van der Waals surface area (Å²) in [7, 11) is 0. The van der Waals surface area contributed by atoms with Gasteiger partial charge < -0.3 is 14.3 Å². The summed E-state index contributed by atoms with van der Waals surface area (Å²) in [6.07, 6.45) is 1.35. The zero-order valence-corrected chi connectivity index (χ0v) is 14.0. The third-order valence-corrected chi connectivity index (χ3v) is 4.26. The maximum atomic E-state index is 12.6. The summed E-state index contributed by atoms with van der Waals surface area (Å²) >= 11 is 0. The third-order valence-electron chi connectivity index (χ3n) is 4.26. The van der Waals surface area contributed by atoms with Gasteiger partial charge in [0.2, 0.25) is 5.60 Å². The standard InChI is InChI=1S/C16H25NO5/c1-6-20-13(18)10(2)21-14(19)16-9-7-8-11(16)12(17-22-16)15(3,4)5/h10-11H,6-9H2,1-5H3. The van der Waals surface area contributed by atoms with Gasteiger partial charge in [0.25, 0.3) is 0 Å². The highest BCUT2D eigenvalue weighted by atomic mass is 16.7. The molecule has 0 spiro atoms. The van der Waals surface area contributed by atoms with Gasteiger partial charge in [-0.1, -0.05) is 25.9 Å². The number of ether oxygens (including phenoxy) is 2. The van der Waals surface area contributed by atoms with E-state index in [1.807, 2.05) is 0 Å². The number of esters is 2. The van der Waals surface area contributed by atoms with E-state index in [1.54, 1.807) is 6.92 Å². The fourth-order valence-corrected chi connectivity index (χ4v) is 3.15. The Bertz CT molecular complexity index is 493. The first kappa shape index (κ1) is 16.8. The van der Waals surface area contributed by atoms with E-state index >= 15 is 0 Å². The molecule has 1 aliphatic heterocycles. The average Bonchev–Trinajstić information content (AvgIpc) is 2.96. The topological polar surface area (TPSA) is 74.2 Å². The van der Waals surface area contributed by atoms with Crippen LogP contribution < -0.4 is 0 Å². The molecular weight excluding hydrogens is 286 g/mol. The number of rotatable bonds is 4. The minimum Gasteiger partial charge on any atom is -0.463 e. The minimum atomic E-state index is -1.07. The number of hydrogen-bond donors (Lipinski definition) is 0. The van der Waals surface area contributed by atoms with Crippen molar-refractivity contribution in [2.75, 3.05) is 6.61 Å². The molecule has 0 N–H and O–H groups in total. The van der Waals surface area contributed by atoms with E-state index in [9.17, 15) is 9.59 Å². The molecular formula is C16H25NO5. The monoisotopic (exact) mass is 311 g/mol. The zero-order chi connectivity index (χ0) is 16.5. The van der Waals surface area contributed by atoms with Crippen LogP contribution in [0.3, 0.4) is 0 Å². The molecule has 0 aromatic carbocycles. The fraction of sp³-hybridized carbons (Fsp3) is 0.812. The number of carbonyl (C=O) groups is 2. The molecule has 0 amide bonds. The summed E-state index contributed by atoms with van der Waals surface area (Å²) in [5.74, 6) is -1.13. The van der Waals surface area contributed by atoms with Crippen LogP contribution in [-0.2, 0) is 23.9 Å². The lowest BCUT2D eigenvalue weighted by Gasteiger charge is -2.28. The molecule has 0 saturated heterocycles. The molecule has 1 aliphatic carbocycles. The smallest absolute Gasteiger partial charge is 0.354 e. The molecule has 6 nitrogen and oxygen atoms in total. The summed E-state index contributed by atoms with van der Waals surface area (Å²) in [5.41, 5.74) is -0.335. The van der Waals surface area contributed by atoms with Gasteiger partial charge in [0, 0.05) is 11.8 Å². The van der Waals surface area contributed by atoms with Gasteiger partial charge in [0.15, 0.2) is 6.10 Å². The molecule has 2 aliphatic rings. The molecule has 1 fully saturated rings. The Morgan fingerprint density at radius 2 is 2.14 bits per heavy atom. The molecule has 1 heterocycles. The van der Waals surface area contributed by atoms with Gasteiger partial charge in [-0.05, 0) is 26.7 Å². The highest BCUT2D eigenvalue weighted by molar-refractivity contribution is 5.99. The lowest BCUT2D eigenvalue weighted by atomic mass is 9.76. The van der Waals surface area contributed by atoms with E-state index in [2.05, 4.69) is 25.9 Å². The maximum absolute atomic E-state index is 12.6. The fourth-order valence-electron chi connectivity index (χ4n) is 3.15. The van der Waals surface area contributed by atoms with E-state index in [0.29, 0.717) is 6.42 Å². The van der Waals surface area contributed by atoms with Crippen LogP contribution in [0.2, 0.25) is 0 Å². The first-order valence-corrected chi connectivity index (χ1v) is 7.86. The quantitative estimate of drug-likeness (QED) is 0.746. The Hall–Kier alpha value is -1.59. The van der Waals surface area contributed by atoms with Gasteiger partial charge >= 0.3 is 11.9 Å². The Kier molecular flexibility index (Phi) is 4.49. The van der Waals surface area contributed by atoms with E-state index in [4.69, 9.17) is 14.3 Å². The van der Waals surface area contributed by atoms with Crippen LogP contribution in [0.25, 0.3) is 0 Å². The number of fused-ring (bicyclic) bond motifs is 1. The minimum absolute atomic E-state index is 0.0746. The van der Waals surface area contributed by atoms with Crippen LogP contribution in [-0.4, -0.2) is 36.0 Å². The predicted molar refractivity (Wildman–Crippen MR) is 80.2 cm³/mol. The van der Waals surface area contributed by atoms with Gasteiger partial charge in [0.1, 0.15) is 0 Å². The SMILES string of the molecule is CCOC(=O)C(C)OC(=O)C12CCCC1C(C(C)(C)C)=NO2. The molecule has 0 aromatic rings. The predicted octanol–water partition coefficient (Wildman–Crippen LogP) is 2.45. The molecule has 0 aromatic heterocycles. The molecule has 6 heteroatoms. The van der Waals surface area contributed by atoms with E-state index < -0.39 is 23.6 Å². The van der Waals surface area contributed by atoms with Crippen molar-refractivity contribution in [2.24, 2.45) is 16.5 Å². The van der Waals surface area contributed by atoms with E-state index in [-0.39, 0.29) is 17.9 Å². The lowest BCUT2D eigenvalue weighted by molar-refractivity contribution is -0.184. The number of nitrogens with zero attached hydrogens (tertiary/aromatic N) is 1. The Balaban J connectivity index is 2.11. The molecule has 124 valence electrons. The van der Waals surface area contributed by atoms with Crippen LogP contribution in [0.1, 0.15) is 53.9 Å². The first-order chi connectivity index (χ1) is 10.2. The lowest BCUT2D eigenvalue weighted by Crippen LogP contribution is -2.47. The Morgan fingerprint density at radius 1 is 1.45 bits per heavy atom. The van der Waals surface area contributed by atoms with Crippen molar-refractivity contribution in [3.8, 4) is 0 Å². The Labute approximate surface area is 131 Å². The van der Waals surface area contributed by atoms with Crippen molar-refractivity contribution in [1.82, 2.24) is 0 Å². The molecule has 1 saturated carbocycles. The average molecular weight is 311 g/mol. The van der Waals surface area contributed by atoms with Crippen LogP contribution >= 0.6 is 0 Å². The number of carbonyl (C=O) groups excluding carboxylic acids is 2. The van der Waals surface area contributed by atoms with Gasteiger partial charge in [-0.15, -0.1) is 0 Å². The van der Waals surface area contributed by atoms with E-state index in [0.717, 1.165) is 18.6 Å². The normalized spacial score (nSPS) is 28.4. The van der Waals surface area contributed by atoms with Crippen molar-refractivity contribution in [2.45, 2.75) is 65.6 Å². The van der Waals surface area contributed by atoms with Crippen LogP contribution in [0, 0.1) is 11.3 Å². The van der Waals surface area contributed by atoms with E-state index in [1.165, 1.54) is 6.92 Å². The zero-order valence-electron chi connectivity index (χ0n) is 14.0. The van der Waals surface area contributed by atoms with Gasteiger partial charge in [0.05, 0.1) is 18.2 Å². The van der Waals surface area contributed by atoms with Crippen molar-refractivity contribution in [3.63, 3.8) is 0 Å². The van der Waals surface area contributed by atoms with Crippen LogP contribution in [0.15, 0.2) is 5.16 Å². The summed E-state index contributed by atoms with van der Waals surface area (Å²) in [4.78, 5) is 29.8. The Morgan fingerprint density at radius 3 is 2.73 bits per heavy atom. The first-order valence-electron chi connectivity index (χ1n) is 7.86. The van der Waals surface area contributed by atoms with Gasteiger partial charge in [-0.3, -0.25) is 0 Å². The molecule has 2 rings (SSSR count). The van der Waals surface area contributed by atoms with Gasteiger partial charge in [-0.25, -0.2) is 9.59 Å². The molecule has 0 bridgehead atoms. The summed E-state index contributed by atoms with van der Waals surface area (Å²) in [6.45, 7) is 9.63. The summed E-state index contributed by atoms with van der Waals surface area (Å²) in [6, 6.07) is 0. The van der Waals surface area contributed by atoms with Crippen LogP contribution in [0.5, 0.6) is 0 Å².